The molecule has 0 aromatic heterocycles. The van der Waals surface area contributed by atoms with Gasteiger partial charge in [0, 0.05) is 18.8 Å². The van der Waals surface area contributed by atoms with Gasteiger partial charge in [0.2, 0.25) is 11.8 Å². The second kappa shape index (κ2) is 13.2. The highest BCUT2D eigenvalue weighted by atomic mass is 32.2. The summed E-state index contributed by atoms with van der Waals surface area (Å²) in [6, 6.07) is 13.7. The molecule has 0 spiro atoms. The SMILES string of the molecule is CCCCNC(=O)[C@H](CC)N(Cc1ccc(F)cc1)C(=O)CSCc1ccccc1C. The summed E-state index contributed by atoms with van der Waals surface area (Å²) in [4.78, 5) is 27.6. The predicted octanol–water partition coefficient (Wildman–Crippen LogP) is 5.09. The highest BCUT2D eigenvalue weighted by Crippen LogP contribution is 2.19. The Morgan fingerprint density at radius 1 is 1.10 bits per heavy atom. The van der Waals surface area contributed by atoms with Gasteiger partial charge in [-0.05, 0) is 48.6 Å². The van der Waals surface area contributed by atoms with E-state index < -0.39 is 6.04 Å². The maximum Gasteiger partial charge on any atom is 0.242 e. The molecule has 0 heterocycles. The first kappa shape index (κ1) is 24.9. The first-order chi connectivity index (χ1) is 15.0. The number of hydrogen-bond acceptors (Lipinski definition) is 3. The maximum atomic E-state index is 13.3. The number of halogens is 1. The van der Waals surface area contributed by atoms with Gasteiger partial charge in [0.25, 0.3) is 0 Å². The summed E-state index contributed by atoms with van der Waals surface area (Å²) in [6.45, 7) is 6.93. The van der Waals surface area contributed by atoms with Gasteiger partial charge in [0.1, 0.15) is 11.9 Å². The van der Waals surface area contributed by atoms with E-state index in [-0.39, 0.29) is 29.9 Å². The number of benzene rings is 2. The quantitative estimate of drug-likeness (QED) is 0.464. The molecule has 6 heteroatoms. The summed E-state index contributed by atoms with van der Waals surface area (Å²) in [6.07, 6.45) is 2.42. The van der Waals surface area contributed by atoms with Crippen molar-refractivity contribution in [1.82, 2.24) is 10.2 Å². The number of amides is 2. The molecule has 2 amide bonds. The van der Waals surface area contributed by atoms with Crippen LogP contribution in [0.25, 0.3) is 0 Å². The lowest BCUT2D eigenvalue weighted by Gasteiger charge is -2.30. The molecule has 1 atom stereocenters. The molecule has 0 fully saturated rings. The molecule has 2 aromatic carbocycles. The van der Waals surface area contributed by atoms with Crippen LogP contribution in [0.2, 0.25) is 0 Å². The summed E-state index contributed by atoms with van der Waals surface area (Å²) in [5.74, 6) is 0.492. The zero-order valence-electron chi connectivity index (χ0n) is 18.7. The molecule has 0 unspecified atom stereocenters. The fourth-order valence-corrected chi connectivity index (χ4v) is 4.30. The van der Waals surface area contributed by atoms with Gasteiger partial charge in [-0.15, -0.1) is 11.8 Å². The zero-order valence-corrected chi connectivity index (χ0v) is 19.5. The van der Waals surface area contributed by atoms with Crippen LogP contribution in [0.3, 0.4) is 0 Å². The average Bonchev–Trinajstić information content (AvgIpc) is 2.76. The Morgan fingerprint density at radius 3 is 2.45 bits per heavy atom. The number of rotatable bonds is 12. The molecule has 2 aromatic rings. The summed E-state index contributed by atoms with van der Waals surface area (Å²) >= 11 is 1.55. The van der Waals surface area contributed by atoms with E-state index in [1.54, 1.807) is 28.8 Å². The lowest BCUT2D eigenvalue weighted by molar-refractivity contribution is -0.139. The van der Waals surface area contributed by atoms with Gasteiger partial charge < -0.3 is 10.2 Å². The van der Waals surface area contributed by atoms with E-state index in [1.165, 1.54) is 23.3 Å². The molecular formula is C25H33FN2O2S. The fourth-order valence-electron chi connectivity index (χ4n) is 3.32. The third-order valence-electron chi connectivity index (χ3n) is 5.23. The van der Waals surface area contributed by atoms with E-state index in [2.05, 4.69) is 31.3 Å². The number of thioether (sulfide) groups is 1. The van der Waals surface area contributed by atoms with Crippen LogP contribution in [0.1, 0.15) is 49.8 Å². The van der Waals surface area contributed by atoms with Crippen LogP contribution >= 0.6 is 11.8 Å². The van der Waals surface area contributed by atoms with Crippen molar-refractivity contribution in [3.63, 3.8) is 0 Å². The van der Waals surface area contributed by atoms with Crippen LogP contribution in [0.4, 0.5) is 4.39 Å². The molecular weight excluding hydrogens is 411 g/mol. The molecule has 0 aliphatic carbocycles. The first-order valence-electron chi connectivity index (χ1n) is 10.9. The molecule has 168 valence electrons. The van der Waals surface area contributed by atoms with E-state index in [4.69, 9.17) is 0 Å². The number of carbonyl (C=O) groups is 2. The standard InChI is InChI=1S/C25H33FN2O2S/c1-4-6-15-27-25(30)23(5-2)28(16-20-11-13-22(26)14-12-20)24(29)18-31-17-21-10-8-7-9-19(21)3/h7-14,23H,4-6,15-18H2,1-3H3,(H,27,30)/t23-/m0/s1. The highest BCUT2D eigenvalue weighted by molar-refractivity contribution is 7.99. The highest BCUT2D eigenvalue weighted by Gasteiger charge is 2.28. The van der Waals surface area contributed by atoms with Gasteiger partial charge >= 0.3 is 0 Å². The van der Waals surface area contributed by atoms with Gasteiger partial charge in [-0.2, -0.15) is 0 Å². The minimum absolute atomic E-state index is 0.0830. The number of unbranched alkanes of at least 4 members (excludes halogenated alkanes) is 1. The molecule has 0 aliphatic rings. The number of nitrogens with zero attached hydrogens (tertiary/aromatic N) is 1. The Morgan fingerprint density at radius 2 is 1.81 bits per heavy atom. The topological polar surface area (TPSA) is 49.4 Å². The third-order valence-corrected chi connectivity index (χ3v) is 6.19. The number of nitrogens with one attached hydrogen (secondary N) is 1. The summed E-state index contributed by atoms with van der Waals surface area (Å²) in [5.41, 5.74) is 3.21. The minimum atomic E-state index is -0.548. The molecule has 0 saturated carbocycles. The van der Waals surface area contributed by atoms with Crippen LogP contribution in [0.5, 0.6) is 0 Å². The van der Waals surface area contributed by atoms with Crippen LogP contribution in [-0.2, 0) is 21.9 Å². The van der Waals surface area contributed by atoms with E-state index in [9.17, 15) is 14.0 Å². The molecule has 0 bridgehead atoms. The maximum absolute atomic E-state index is 13.3. The lowest BCUT2D eigenvalue weighted by Crippen LogP contribution is -2.49. The van der Waals surface area contributed by atoms with Crippen molar-refractivity contribution in [1.29, 1.82) is 0 Å². The summed E-state index contributed by atoms with van der Waals surface area (Å²) in [5, 5.41) is 2.95. The largest absolute Gasteiger partial charge is 0.354 e. The van der Waals surface area contributed by atoms with Crippen molar-refractivity contribution in [2.24, 2.45) is 0 Å². The van der Waals surface area contributed by atoms with Crippen molar-refractivity contribution in [3.8, 4) is 0 Å². The van der Waals surface area contributed by atoms with E-state index in [0.29, 0.717) is 13.0 Å². The van der Waals surface area contributed by atoms with Gasteiger partial charge in [-0.3, -0.25) is 9.59 Å². The molecule has 31 heavy (non-hydrogen) atoms. The second-order valence-electron chi connectivity index (χ2n) is 7.64. The predicted molar refractivity (Wildman–Crippen MR) is 126 cm³/mol. The van der Waals surface area contributed by atoms with Crippen molar-refractivity contribution < 1.29 is 14.0 Å². The Balaban J connectivity index is 2.10. The molecule has 0 aliphatic heterocycles. The molecule has 2 rings (SSSR count). The summed E-state index contributed by atoms with van der Waals surface area (Å²) in [7, 11) is 0. The van der Waals surface area contributed by atoms with Crippen molar-refractivity contribution in [2.45, 2.75) is 58.4 Å². The van der Waals surface area contributed by atoms with Crippen molar-refractivity contribution in [2.75, 3.05) is 12.3 Å². The van der Waals surface area contributed by atoms with E-state index in [1.807, 2.05) is 19.1 Å². The molecule has 0 saturated heterocycles. The first-order valence-corrected chi connectivity index (χ1v) is 12.1. The van der Waals surface area contributed by atoms with Crippen LogP contribution in [0, 0.1) is 12.7 Å². The van der Waals surface area contributed by atoms with Gasteiger partial charge in [0.15, 0.2) is 0 Å². The monoisotopic (exact) mass is 444 g/mol. The van der Waals surface area contributed by atoms with Gasteiger partial charge in [0.05, 0.1) is 5.75 Å². The number of carbonyl (C=O) groups excluding carboxylic acids is 2. The lowest BCUT2D eigenvalue weighted by atomic mass is 10.1. The van der Waals surface area contributed by atoms with Gasteiger partial charge in [-0.25, -0.2) is 4.39 Å². The Hall–Kier alpha value is -2.34. The van der Waals surface area contributed by atoms with Gasteiger partial charge in [-0.1, -0.05) is 56.7 Å². The number of aryl methyl sites for hydroxylation is 1. The van der Waals surface area contributed by atoms with E-state index in [0.717, 1.165) is 24.2 Å². The van der Waals surface area contributed by atoms with Crippen LogP contribution in [-0.4, -0.2) is 35.1 Å². The fraction of sp³-hybridized carbons (Fsp3) is 0.440. The Labute approximate surface area is 189 Å². The molecule has 1 N–H and O–H groups in total. The Bertz CT molecular complexity index is 842. The summed E-state index contributed by atoms with van der Waals surface area (Å²) < 4.78 is 13.3. The zero-order chi connectivity index (χ0) is 22.6. The Kier molecular flexibility index (Phi) is 10.6. The van der Waals surface area contributed by atoms with Crippen LogP contribution < -0.4 is 5.32 Å². The van der Waals surface area contributed by atoms with Crippen molar-refractivity contribution in [3.05, 3.63) is 71.0 Å². The number of hydrogen-bond donors (Lipinski definition) is 1. The molecule has 0 radical (unpaired) electrons. The van der Waals surface area contributed by atoms with Crippen LogP contribution in [0.15, 0.2) is 48.5 Å². The van der Waals surface area contributed by atoms with Crippen molar-refractivity contribution >= 4 is 23.6 Å². The minimum Gasteiger partial charge on any atom is -0.354 e. The second-order valence-corrected chi connectivity index (χ2v) is 8.62. The molecule has 4 nitrogen and oxygen atoms in total. The average molecular weight is 445 g/mol. The third kappa shape index (κ3) is 8.02. The smallest absolute Gasteiger partial charge is 0.242 e. The van der Waals surface area contributed by atoms with E-state index >= 15 is 0 Å². The normalized spacial score (nSPS) is 11.7.